The molecule has 0 bridgehead atoms. The van der Waals surface area contributed by atoms with Crippen LogP contribution < -0.4 is 10.2 Å². The van der Waals surface area contributed by atoms with Crippen LogP contribution in [0.5, 0.6) is 0 Å². The summed E-state index contributed by atoms with van der Waals surface area (Å²) in [6, 6.07) is 0. The lowest BCUT2D eigenvalue weighted by Gasteiger charge is -2.05. The second kappa shape index (κ2) is 4.85. The first-order valence-electron chi connectivity index (χ1n) is 4.89. The third-order valence-electron chi connectivity index (χ3n) is 2.17. The van der Waals surface area contributed by atoms with E-state index in [4.69, 9.17) is 0 Å². The lowest BCUT2D eigenvalue weighted by molar-refractivity contribution is 0.837. The number of aromatic nitrogens is 1. The minimum atomic E-state index is -0.000696. The number of nitrogens with one attached hydrogen (secondary N) is 2. The second-order valence-electron chi connectivity index (χ2n) is 3.32. The number of amidine groups is 1. The molecule has 15 heavy (non-hydrogen) atoms. The number of rotatable bonds is 3. The van der Waals surface area contributed by atoms with E-state index < -0.39 is 0 Å². The van der Waals surface area contributed by atoms with Crippen molar-refractivity contribution in [1.29, 1.82) is 0 Å². The van der Waals surface area contributed by atoms with Crippen molar-refractivity contribution in [2.75, 3.05) is 6.54 Å². The maximum absolute atomic E-state index is 10.9. The molecule has 2 heterocycles. The quantitative estimate of drug-likeness (QED) is 0.844. The third-order valence-corrected chi connectivity index (χ3v) is 4.20. The zero-order valence-electron chi connectivity index (χ0n) is 8.45. The van der Waals surface area contributed by atoms with Crippen LogP contribution in [0.15, 0.2) is 15.2 Å². The highest BCUT2D eigenvalue weighted by Gasteiger charge is 2.17. The van der Waals surface area contributed by atoms with Gasteiger partial charge in [0.1, 0.15) is 0 Å². The molecule has 0 aliphatic carbocycles. The molecule has 82 valence electrons. The van der Waals surface area contributed by atoms with Crippen LogP contribution in [0.25, 0.3) is 0 Å². The number of hydrogen-bond donors (Lipinski definition) is 2. The molecule has 1 aromatic heterocycles. The summed E-state index contributed by atoms with van der Waals surface area (Å²) in [6.07, 6.45) is 1.15. The first-order chi connectivity index (χ1) is 7.28. The largest absolute Gasteiger partial charge is 0.359 e. The minimum absolute atomic E-state index is 0.000696. The fourth-order valence-electron chi connectivity index (χ4n) is 1.30. The number of thiazole rings is 1. The fourth-order valence-corrected chi connectivity index (χ4v) is 2.82. The molecule has 0 saturated carbocycles. The van der Waals surface area contributed by atoms with E-state index in [-0.39, 0.29) is 4.87 Å². The Labute approximate surface area is 96.2 Å². The van der Waals surface area contributed by atoms with E-state index >= 15 is 0 Å². The number of nitrogens with zero attached hydrogens (tertiary/aromatic N) is 1. The number of thioether (sulfide) groups is 1. The molecule has 0 fully saturated rings. The zero-order valence-corrected chi connectivity index (χ0v) is 10.1. The van der Waals surface area contributed by atoms with Crippen LogP contribution in [-0.2, 0) is 6.54 Å². The van der Waals surface area contributed by atoms with E-state index in [1.54, 1.807) is 11.8 Å². The van der Waals surface area contributed by atoms with E-state index in [0.717, 1.165) is 23.8 Å². The van der Waals surface area contributed by atoms with Gasteiger partial charge < -0.3 is 10.3 Å². The topological polar surface area (TPSA) is 57.2 Å². The molecule has 0 saturated heterocycles. The smallest absolute Gasteiger partial charge is 0.304 e. The van der Waals surface area contributed by atoms with Crippen molar-refractivity contribution in [2.24, 2.45) is 4.99 Å². The average Bonchev–Trinajstić information content (AvgIpc) is 2.83. The van der Waals surface area contributed by atoms with Crippen molar-refractivity contribution in [3.05, 3.63) is 20.7 Å². The van der Waals surface area contributed by atoms with Crippen molar-refractivity contribution < 1.29 is 0 Å². The molecule has 1 aliphatic rings. The van der Waals surface area contributed by atoms with Gasteiger partial charge in [-0.15, -0.1) is 0 Å². The molecule has 6 heteroatoms. The van der Waals surface area contributed by atoms with Gasteiger partial charge in [-0.1, -0.05) is 30.0 Å². The number of hydrogen-bond acceptors (Lipinski definition) is 5. The van der Waals surface area contributed by atoms with E-state index in [9.17, 15) is 4.79 Å². The van der Waals surface area contributed by atoms with Crippen LogP contribution >= 0.6 is 23.1 Å². The highest BCUT2D eigenvalue weighted by Crippen LogP contribution is 2.21. The summed E-state index contributed by atoms with van der Waals surface area (Å²) in [5.41, 5.74) is 0.924. The summed E-state index contributed by atoms with van der Waals surface area (Å²) >= 11 is 2.98. The van der Waals surface area contributed by atoms with Gasteiger partial charge in [-0.05, 0) is 6.42 Å². The fraction of sp³-hybridized carbons (Fsp3) is 0.556. The Morgan fingerprint density at radius 3 is 3.20 bits per heavy atom. The van der Waals surface area contributed by atoms with E-state index in [1.807, 2.05) is 5.38 Å². The van der Waals surface area contributed by atoms with Gasteiger partial charge in [0.2, 0.25) is 0 Å². The van der Waals surface area contributed by atoms with Crippen molar-refractivity contribution in [2.45, 2.75) is 25.1 Å². The first-order valence-corrected chi connectivity index (χ1v) is 6.65. The average molecular weight is 243 g/mol. The van der Waals surface area contributed by atoms with Crippen molar-refractivity contribution >= 4 is 28.3 Å². The Morgan fingerprint density at radius 2 is 2.60 bits per heavy atom. The van der Waals surface area contributed by atoms with Gasteiger partial charge in [0.05, 0.1) is 13.1 Å². The van der Waals surface area contributed by atoms with Gasteiger partial charge in [0.25, 0.3) is 0 Å². The zero-order chi connectivity index (χ0) is 10.7. The van der Waals surface area contributed by atoms with Crippen LogP contribution in [0.4, 0.5) is 0 Å². The Kier molecular flexibility index (Phi) is 3.48. The predicted octanol–water partition coefficient (Wildman–Crippen LogP) is 1.41. The minimum Gasteiger partial charge on any atom is -0.359 e. The van der Waals surface area contributed by atoms with Crippen molar-refractivity contribution in [1.82, 2.24) is 10.3 Å². The number of aliphatic imine (C=N–C) groups is 1. The summed E-state index contributed by atoms with van der Waals surface area (Å²) in [4.78, 5) is 18.0. The molecule has 1 aliphatic heterocycles. The highest BCUT2D eigenvalue weighted by molar-refractivity contribution is 8.14. The summed E-state index contributed by atoms with van der Waals surface area (Å²) < 4.78 is 0. The van der Waals surface area contributed by atoms with Crippen molar-refractivity contribution in [3.63, 3.8) is 0 Å². The standard InChI is InChI=1S/C9H13N3OS2/c1-2-7-4-11-8(15-7)10-3-6-5-14-9(13)12-6/h5,7H,2-4H2,1H3,(H,10,11)(H,12,13). The normalized spacial score (nSPS) is 20.3. The third kappa shape index (κ3) is 2.85. The predicted molar refractivity (Wildman–Crippen MR) is 65.8 cm³/mol. The molecule has 1 atom stereocenters. The molecular weight excluding hydrogens is 230 g/mol. The SMILES string of the molecule is CCC1CN=C(NCc2csc(=O)[nH]2)S1. The summed E-state index contributed by atoms with van der Waals surface area (Å²) in [6.45, 7) is 3.73. The monoisotopic (exact) mass is 243 g/mol. The molecule has 4 nitrogen and oxygen atoms in total. The molecule has 0 spiro atoms. The van der Waals surface area contributed by atoms with Crippen LogP contribution in [0.2, 0.25) is 0 Å². The number of aromatic amines is 1. The van der Waals surface area contributed by atoms with Crippen molar-refractivity contribution in [3.8, 4) is 0 Å². The summed E-state index contributed by atoms with van der Waals surface area (Å²) in [5, 5.41) is 6.68. The highest BCUT2D eigenvalue weighted by atomic mass is 32.2. The van der Waals surface area contributed by atoms with Gasteiger partial charge in [-0.2, -0.15) is 0 Å². The molecule has 0 radical (unpaired) electrons. The van der Waals surface area contributed by atoms with E-state index in [2.05, 4.69) is 22.2 Å². The van der Waals surface area contributed by atoms with Gasteiger partial charge in [-0.3, -0.25) is 9.79 Å². The first kappa shape index (κ1) is 10.8. The molecule has 0 amide bonds. The Bertz CT molecular complexity index is 409. The van der Waals surface area contributed by atoms with Crippen LogP contribution in [0.3, 0.4) is 0 Å². The maximum Gasteiger partial charge on any atom is 0.304 e. The molecule has 2 N–H and O–H groups in total. The van der Waals surface area contributed by atoms with Gasteiger partial charge >= 0.3 is 4.87 Å². The maximum atomic E-state index is 10.9. The number of H-pyrrole nitrogens is 1. The van der Waals surface area contributed by atoms with Crippen LogP contribution in [0, 0.1) is 0 Å². The van der Waals surface area contributed by atoms with Gasteiger partial charge in [-0.25, -0.2) is 0 Å². The van der Waals surface area contributed by atoms with Gasteiger partial charge in [0.15, 0.2) is 5.17 Å². The Morgan fingerprint density at radius 1 is 1.73 bits per heavy atom. The Hall–Kier alpha value is -0.750. The Balaban J connectivity index is 1.82. The molecule has 2 rings (SSSR count). The molecule has 0 aromatic carbocycles. The van der Waals surface area contributed by atoms with Gasteiger partial charge in [0, 0.05) is 16.3 Å². The molecule has 1 aromatic rings. The summed E-state index contributed by atoms with van der Waals surface area (Å²) in [5.74, 6) is 0. The lowest BCUT2D eigenvalue weighted by Crippen LogP contribution is -2.19. The van der Waals surface area contributed by atoms with E-state index in [0.29, 0.717) is 11.8 Å². The summed E-state index contributed by atoms with van der Waals surface area (Å²) in [7, 11) is 0. The second-order valence-corrected chi connectivity index (χ2v) is 5.45. The van der Waals surface area contributed by atoms with Crippen LogP contribution in [-0.4, -0.2) is 21.9 Å². The lowest BCUT2D eigenvalue weighted by atomic mass is 10.3. The molecule has 1 unspecified atom stereocenters. The van der Waals surface area contributed by atoms with Crippen LogP contribution in [0.1, 0.15) is 19.0 Å². The van der Waals surface area contributed by atoms with E-state index in [1.165, 1.54) is 11.3 Å². The molecular formula is C9H13N3OS2.